The van der Waals surface area contributed by atoms with Crippen LogP contribution in [0.4, 0.5) is 4.39 Å². The first-order chi connectivity index (χ1) is 16.3. The Kier molecular flexibility index (Phi) is 6.46. The largest absolute Gasteiger partial charge is 0.297 e. The Morgan fingerprint density at radius 2 is 1.52 bits per heavy atom. The molecule has 0 N–H and O–H groups in total. The normalized spacial score (nSPS) is 16.0. The highest BCUT2D eigenvalue weighted by atomic mass is 19.1. The summed E-state index contributed by atoms with van der Waals surface area (Å²) in [6.45, 7) is 5.11. The Morgan fingerprint density at radius 3 is 2.24 bits per heavy atom. The summed E-state index contributed by atoms with van der Waals surface area (Å²) in [6.07, 6.45) is 1.81. The molecule has 0 radical (unpaired) electrons. The molecule has 0 saturated carbocycles. The highest BCUT2D eigenvalue weighted by Gasteiger charge is 2.31. The van der Waals surface area contributed by atoms with Gasteiger partial charge in [0.05, 0.1) is 12.2 Å². The van der Waals surface area contributed by atoms with Crippen LogP contribution in [0.5, 0.6) is 0 Å². The summed E-state index contributed by atoms with van der Waals surface area (Å²) in [4.78, 5) is 9.52. The molecule has 1 aliphatic heterocycles. The topological polar surface area (TPSA) is 63.0 Å². The maximum atomic E-state index is 13.3. The molecule has 0 amide bonds. The van der Waals surface area contributed by atoms with Crippen LogP contribution in [0.15, 0.2) is 79.0 Å². The molecule has 3 heterocycles. The molecule has 5 rings (SSSR count). The van der Waals surface area contributed by atoms with E-state index in [0.29, 0.717) is 6.54 Å². The second-order valence-corrected chi connectivity index (χ2v) is 8.28. The molecule has 1 fully saturated rings. The molecule has 1 aliphatic rings. The Morgan fingerprint density at radius 1 is 0.788 bits per heavy atom. The number of benzene rings is 2. The first-order valence-corrected chi connectivity index (χ1v) is 11.2. The van der Waals surface area contributed by atoms with E-state index in [0.717, 1.165) is 49.8 Å². The fraction of sp³-hybridized carbons (Fsp3) is 0.280. The fourth-order valence-corrected chi connectivity index (χ4v) is 4.32. The predicted octanol–water partition coefficient (Wildman–Crippen LogP) is 3.16. The van der Waals surface area contributed by atoms with Crippen LogP contribution in [0.2, 0.25) is 0 Å². The number of aromatic nitrogens is 5. The van der Waals surface area contributed by atoms with E-state index in [9.17, 15) is 4.39 Å². The molecule has 4 aromatic rings. The summed E-state index contributed by atoms with van der Waals surface area (Å²) < 4.78 is 15.1. The van der Waals surface area contributed by atoms with E-state index in [-0.39, 0.29) is 11.9 Å². The summed E-state index contributed by atoms with van der Waals surface area (Å²) in [6, 6.07) is 22.8. The SMILES string of the molecule is Fc1ccc(Cn2nnnc2C(c2ccccn2)N2CCN(Cc3ccccc3)CC2)cc1. The molecule has 0 spiro atoms. The summed E-state index contributed by atoms with van der Waals surface area (Å²) in [5, 5.41) is 12.6. The number of hydrogen-bond donors (Lipinski definition) is 0. The van der Waals surface area contributed by atoms with Crippen molar-refractivity contribution in [3.63, 3.8) is 0 Å². The van der Waals surface area contributed by atoms with Crippen LogP contribution >= 0.6 is 0 Å². The van der Waals surface area contributed by atoms with E-state index >= 15 is 0 Å². The molecule has 8 heteroatoms. The Labute approximate surface area is 192 Å². The quantitative estimate of drug-likeness (QED) is 0.437. The number of hydrogen-bond acceptors (Lipinski definition) is 6. The lowest BCUT2D eigenvalue weighted by atomic mass is 10.1. The van der Waals surface area contributed by atoms with Gasteiger partial charge in [-0.1, -0.05) is 48.5 Å². The van der Waals surface area contributed by atoms with Gasteiger partial charge in [0.1, 0.15) is 11.9 Å². The maximum absolute atomic E-state index is 13.3. The van der Waals surface area contributed by atoms with Gasteiger partial charge in [-0.2, -0.15) is 0 Å². The van der Waals surface area contributed by atoms with E-state index in [2.05, 4.69) is 60.6 Å². The minimum Gasteiger partial charge on any atom is -0.297 e. The molecular weight excluding hydrogens is 417 g/mol. The first kappa shape index (κ1) is 21.4. The molecule has 1 unspecified atom stereocenters. The van der Waals surface area contributed by atoms with Crippen LogP contribution in [0.3, 0.4) is 0 Å². The zero-order chi connectivity index (χ0) is 22.5. The van der Waals surface area contributed by atoms with Crippen LogP contribution in [-0.2, 0) is 13.1 Å². The summed E-state index contributed by atoms with van der Waals surface area (Å²) in [5.41, 5.74) is 3.19. The predicted molar refractivity (Wildman–Crippen MR) is 123 cm³/mol. The summed E-state index contributed by atoms with van der Waals surface area (Å²) in [7, 11) is 0. The van der Waals surface area contributed by atoms with Gasteiger partial charge in [-0.25, -0.2) is 9.07 Å². The van der Waals surface area contributed by atoms with Crippen molar-refractivity contribution in [1.82, 2.24) is 35.0 Å². The minimum absolute atomic E-state index is 0.152. The lowest BCUT2D eigenvalue weighted by molar-refractivity contribution is 0.0988. The number of tetrazole rings is 1. The van der Waals surface area contributed by atoms with Crippen LogP contribution in [0.1, 0.15) is 28.7 Å². The van der Waals surface area contributed by atoms with E-state index in [1.54, 1.807) is 16.8 Å². The number of nitrogens with zero attached hydrogens (tertiary/aromatic N) is 7. The summed E-state index contributed by atoms with van der Waals surface area (Å²) in [5.74, 6) is 0.491. The lowest BCUT2D eigenvalue weighted by Gasteiger charge is -2.38. The Balaban J connectivity index is 1.36. The summed E-state index contributed by atoms with van der Waals surface area (Å²) >= 11 is 0. The minimum atomic E-state index is -0.254. The van der Waals surface area contributed by atoms with Gasteiger partial charge in [-0.05, 0) is 45.8 Å². The Bertz CT molecular complexity index is 1140. The van der Waals surface area contributed by atoms with Gasteiger partial charge < -0.3 is 0 Å². The van der Waals surface area contributed by atoms with Gasteiger partial charge in [-0.15, -0.1) is 5.10 Å². The van der Waals surface area contributed by atoms with Crippen LogP contribution in [-0.4, -0.2) is 61.2 Å². The van der Waals surface area contributed by atoms with Crippen LogP contribution in [0, 0.1) is 5.82 Å². The van der Waals surface area contributed by atoms with Crippen LogP contribution in [0.25, 0.3) is 0 Å². The second kappa shape index (κ2) is 9.97. The standard InChI is InChI=1S/C25H26FN7/c26-22-11-9-21(10-12-22)19-33-25(28-29-30-33)24(23-8-4-5-13-27-23)32-16-14-31(15-17-32)18-20-6-2-1-3-7-20/h1-13,24H,14-19H2. The van der Waals surface area contributed by atoms with Crippen molar-refractivity contribution in [2.45, 2.75) is 19.1 Å². The van der Waals surface area contributed by atoms with Gasteiger partial charge in [0.2, 0.25) is 0 Å². The molecular formula is C25H26FN7. The average Bonchev–Trinajstić information content (AvgIpc) is 3.31. The highest BCUT2D eigenvalue weighted by molar-refractivity contribution is 5.20. The monoisotopic (exact) mass is 443 g/mol. The van der Waals surface area contributed by atoms with Crippen molar-refractivity contribution in [2.75, 3.05) is 26.2 Å². The lowest BCUT2D eigenvalue weighted by Crippen LogP contribution is -2.48. The third kappa shape index (κ3) is 5.13. The highest BCUT2D eigenvalue weighted by Crippen LogP contribution is 2.27. The van der Waals surface area contributed by atoms with Crippen molar-refractivity contribution in [1.29, 1.82) is 0 Å². The van der Waals surface area contributed by atoms with Gasteiger partial charge >= 0.3 is 0 Å². The van der Waals surface area contributed by atoms with Crippen molar-refractivity contribution in [2.24, 2.45) is 0 Å². The fourth-order valence-electron chi connectivity index (χ4n) is 4.32. The van der Waals surface area contributed by atoms with Crippen LogP contribution < -0.4 is 0 Å². The molecule has 1 saturated heterocycles. The third-order valence-corrected chi connectivity index (χ3v) is 6.04. The smallest absolute Gasteiger partial charge is 0.174 e. The molecule has 2 aromatic heterocycles. The molecule has 168 valence electrons. The average molecular weight is 444 g/mol. The van der Waals surface area contributed by atoms with Crippen molar-refractivity contribution in [3.05, 3.63) is 107 Å². The molecule has 2 aromatic carbocycles. The molecule has 33 heavy (non-hydrogen) atoms. The van der Waals surface area contributed by atoms with Crippen molar-refractivity contribution >= 4 is 0 Å². The number of pyridine rings is 1. The zero-order valence-corrected chi connectivity index (χ0v) is 18.3. The van der Waals surface area contributed by atoms with Crippen molar-refractivity contribution in [3.8, 4) is 0 Å². The molecule has 0 aliphatic carbocycles. The third-order valence-electron chi connectivity index (χ3n) is 6.04. The Hall–Kier alpha value is -3.49. The van der Waals surface area contributed by atoms with Gasteiger partial charge in [0.15, 0.2) is 5.82 Å². The van der Waals surface area contributed by atoms with Gasteiger partial charge in [0, 0.05) is 38.9 Å². The number of halogens is 1. The number of rotatable bonds is 7. The number of piperazine rings is 1. The second-order valence-electron chi connectivity index (χ2n) is 8.28. The van der Waals surface area contributed by atoms with E-state index < -0.39 is 0 Å². The van der Waals surface area contributed by atoms with Crippen molar-refractivity contribution < 1.29 is 4.39 Å². The molecule has 0 bridgehead atoms. The van der Waals surface area contributed by atoms with E-state index in [4.69, 9.17) is 0 Å². The first-order valence-electron chi connectivity index (χ1n) is 11.2. The van der Waals surface area contributed by atoms with Gasteiger partial charge in [0.25, 0.3) is 0 Å². The van der Waals surface area contributed by atoms with E-state index in [1.165, 1.54) is 17.7 Å². The zero-order valence-electron chi connectivity index (χ0n) is 18.3. The van der Waals surface area contributed by atoms with E-state index in [1.807, 2.05) is 24.4 Å². The molecule has 7 nitrogen and oxygen atoms in total. The van der Waals surface area contributed by atoms with Gasteiger partial charge in [-0.3, -0.25) is 14.8 Å². The molecule has 1 atom stereocenters. The maximum Gasteiger partial charge on any atom is 0.174 e.